The van der Waals surface area contributed by atoms with E-state index in [2.05, 4.69) is 190 Å². The van der Waals surface area contributed by atoms with Crippen molar-refractivity contribution < 1.29 is 4.42 Å². The van der Waals surface area contributed by atoms with Gasteiger partial charge in [-0.1, -0.05) is 153 Å². The van der Waals surface area contributed by atoms with Crippen molar-refractivity contribution in [1.82, 2.24) is 0 Å². The molecule has 0 atom stereocenters. The van der Waals surface area contributed by atoms with Gasteiger partial charge in [0.25, 0.3) is 0 Å². The predicted molar refractivity (Wildman–Crippen MR) is 253 cm³/mol. The molecule has 12 aromatic rings. The Kier molecular flexibility index (Phi) is 6.73. The third-order valence-corrected chi connectivity index (χ3v) is 14.4. The molecule has 59 heavy (non-hydrogen) atoms. The molecule has 276 valence electrons. The first-order valence-corrected chi connectivity index (χ1v) is 21.3. The standard InChI is InChI=1S/C57H36OS/c1-57(2)48-29-34(35-21-26-45-53(31-35)59-52-27-23-36-28-47-40-14-10-11-19-50(40)58-51(47)32-46(36)56(45)52)20-24-38(48)39-25-22-37(30-49(39)57)55-43-17-8-6-15-41(43)54(33-12-4-3-5-13-33)42-16-7-9-18-44(42)55/h3-32H,1-2H3. The fraction of sp³-hybridized carbons (Fsp3) is 0.0526. The van der Waals surface area contributed by atoms with E-state index in [1.54, 1.807) is 0 Å². The zero-order valence-electron chi connectivity index (χ0n) is 32.6. The second-order valence-corrected chi connectivity index (χ2v) is 17.9. The molecule has 0 radical (unpaired) electrons. The predicted octanol–water partition coefficient (Wildman–Crippen LogP) is 16.7. The Morgan fingerprint density at radius 2 is 0.949 bits per heavy atom. The fourth-order valence-corrected chi connectivity index (χ4v) is 11.6. The highest BCUT2D eigenvalue weighted by atomic mass is 32.1. The van der Waals surface area contributed by atoms with Gasteiger partial charge < -0.3 is 4.42 Å². The van der Waals surface area contributed by atoms with Crippen molar-refractivity contribution in [3.8, 4) is 44.5 Å². The van der Waals surface area contributed by atoms with Crippen LogP contribution in [-0.4, -0.2) is 0 Å². The van der Waals surface area contributed by atoms with Crippen molar-refractivity contribution in [2.75, 3.05) is 0 Å². The van der Waals surface area contributed by atoms with Gasteiger partial charge in [-0.05, 0) is 130 Å². The van der Waals surface area contributed by atoms with Gasteiger partial charge in [-0.25, -0.2) is 0 Å². The molecule has 2 heterocycles. The van der Waals surface area contributed by atoms with Gasteiger partial charge in [0.15, 0.2) is 0 Å². The lowest BCUT2D eigenvalue weighted by molar-refractivity contribution is 0.661. The van der Waals surface area contributed by atoms with Gasteiger partial charge in [0.1, 0.15) is 11.2 Å². The minimum absolute atomic E-state index is 0.172. The number of hydrogen-bond acceptors (Lipinski definition) is 2. The van der Waals surface area contributed by atoms with E-state index >= 15 is 0 Å². The minimum atomic E-state index is -0.172. The number of furan rings is 1. The summed E-state index contributed by atoms with van der Waals surface area (Å²) in [5, 5.41) is 12.6. The van der Waals surface area contributed by atoms with Crippen molar-refractivity contribution in [2.24, 2.45) is 0 Å². The smallest absolute Gasteiger partial charge is 0.136 e. The highest BCUT2D eigenvalue weighted by Gasteiger charge is 2.36. The molecule has 1 aliphatic carbocycles. The van der Waals surface area contributed by atoms with Crippen molar-refractivity contribution in [3.05, 3.63) is 193 Å². The molecule has 13 rings (SSSR count). The zero-order chi connectivity index (χ0) is 39.0. The van der Waals surface area contributed by atoms with E-state index in [4.69, 9.17) is 4.42 Å². The molecule has 1 nitrogen and oxygen atoms in total. The van der Waals surface area contributed by atoms with Crippen molar-refractivity contribution in [1.29, 1.82) is 0 Å². The molecule has 0 saturated carbocycles. The van der Waals surface area contributed by atoms with Crippen LogP contribution >= 0.6 is 11.3 Å². The lowest BCUT2D eigenvalue weighted by Crippen LogP contribution is -2.15. The van der Waals surface area contributed by atoms with Crippen LogP contribution in [0.15, 0.2) is 186 Å². The van der Waals surface area contributed by atoms with E-state index in [1.165, 1.54) is 119 Å². The average Bonchev–Trinajstić information content (AvgIpc) is 3.91. The first kappa shape index (κ1) is 33.0. The SMILES string of the molecule is CC1(C)c2cc(-c3ccc4c(c3)sc3ccc5cc6c(cc5c34)oc3ccccc36)ccc2-c2ccc(-c3c4ccccc4c(-c4ccccc4)c4ccccc34)cc21. The molecule has 0 aliphatic heterocycles. The van der Waals surface area contributed by atoms with Gasteiger partial charge in [-0.2, -0.15) is 0 Å². The Hall–Kier alpha value is -7.00. The van der Waals surface area contributed by atoms with Gasteiger partial charge in [0.2, 0.25) is 0 Å². The number of rotatable bonds is 3. The first-order chi connectivity index (χ1) is 29.0. The summed E-state index contributed by atoms with van der Waals surface area (Å²) in [5.41, 5.74) is 14.8. The Morgan fingerprint density at radius 1 is 0.373 bits per heavy atom. The lowest BCUT2D eigenvalue weighted by Gasteiger charge is -2.23. The summed E-state index contributed by atoms with van der Waals surface area (Å²) in [6.07, 6.45) is 0. The maximum absolute atomic E-state index is 6.34. The molecule has 0 amide bonds. The van der Waals surface area contributed by atoms with Crippen LogP contribution in [0, 0.1) is 0 Å². The topological polar surface area (TPSA) is 13.1 Å². The van der Waals surface area contributed by atoms with Crippen LogP contribution in [-0.2, 0) is 5.41 Å². The lowest BCUT2D eigenvalue weighted by atomic mass is 9.80. The van der Waals surface area contributed by atoms with Crippen LogP contribution in [0.1, 0.15) is 25.0 Å². The molecular formula is C57H36OS. The molecule has 2 heteroatoms. The molecule has 0 N–H and O–H groups in total. The molecular weight excluding hydrogens is 733 g/mol. The van der Waals surface area contributed by atoms with E-state index in [0.29, 0.717) is 0 Å². The van der Waals surface area contributed by atoms with Crippen molar-refractivity contribution in [3.63, 3.8) is 0 Å². The summed E-state index contributed by atoms with van der Waals surface area (Å²) in [6.45, 7) is 4.80. The highest BCUT2D eigenvalue weighted by molar-refractivity contribution is 7.26. The van der Waals surface area contributed by atoms with E-state index in [0.717, 1.165) is 11.2 Å². The van der Waals surface area contributed by atoms with Gasteiger partial charge in [0, 0.05) is 36.4 Å². The van der Waals surface area contributed by atoms with E-state index < -0.39 is 0 Å². The molecule has 0 bridgehead atoms. The van der Waals surface area contributed by atoms with Crippen LogP contribution in [0.2, 0.25) is 0 Å². The van der Waals surface area contributed by atoms with Crippen LogP contribution in [0.5, 0.6) is 0 Å². The summed E-state index contributed by atoms with van der Waals surface area (Å²) in [4.78, 5) is 0. The van der Waals surface area contributed by atoms with Crippen molar-refractivity contribution >= 4 is 85.8 Å². The minimum Gasteiger partial charge on any atom is -0.456 e. The largest absolute Gasteiger partial charge is 0.456 e. The molecule has 2 aromatic heterocycles. The third kappa shape index (κ3) is 4.67. The fourth-order valence-electron chi connectivity index (χ4n) is 10.4. The summed E-state index contributed by atoms with van der Waals surface area (Å²) in [7, 11) is 0. The number of hydrogen-bond donors (Lipinski definition) is 0. The van der Waals surface area contributed by atoms with Crippen LogP contribution < -0.4 is 0 Å². The van der Waals surface area contributed by atoms with Crippen molar-refractivity contribution in [2.45, 2.75) is 19.3 Å². The summed E-state index contributed by atoms with van der Waals surface area (Å²) in [5.74, 6) is 0. The monoisotopic (exact) mass is 768 g/mol. The maximum Gasteiger partial charge on any atom is 0.136 e. The summed E-state index contributed by atoms with van der Waals surface area (Å²) < 4.78 is 8.95. The second kappa shape index (κ2) is 12.0. The Morgan fingerprint density at radius 3 is 1.66 bits per heavy atom. The van der Waals surface area contributed by atoms with Gasteiger partial charge in [-0.3, -0.25) is 0 Å². The molecule has 0 spiro atoms. The number of para-hydroxylation sites is 1. The van der Waals surface area contributed by atoms with E-state index in [9.17, 15) is 0 Å². The Bertz CT molecular complexity index is 3690. The van der Waals surface area contributed by atoms with Gasteiger partial charge in [-0.15, -0.1) is 11.3 Å². The van der Waals surface area contributed by atoms with Crippen LogP contribution in [0.25, 0.3) is 119 Å². The van der Waals surface area contributed by atoms with Crippen LogP contribution in [0.4, 0.5) is 0 Å². The first-order valence-electron chi connectivity index (χ1n) is 20.5. The maximum atomic E-state index is 6.34. The molecule has 0 saturated heterocycles. The van der Waals surface area contributed by atoms with Gasteiger partial charge >= 0.3 is 0 Å². The van der Waals surface area contributed by atoms with Gasteiger partial charge in [0.05, 0.1) is 0 Å². The molecule has 10 aromatic carbocycles. The normalized spacial score (nSPS) is 13.4. The third-order valence-electron chi connectivity index (χ3n) is 13.2. The van der Waals surface area contributed by atoms with E-state index in [1.807, 2.05) is 17.4 Å². The quantitative estimate of drug-likeness (QED) is 0.163. The number of thiophene rings is 1. The highest BCUT2D eigenvalue weighted by Crippen LogP contribution is 2.52. The average molecular weight is 769 g/mol. The summed E-state index contributed by atoms with van der Waals surface area (Å²) in [6, 6.07) is 67.6. The number of fused-ring (bicyclic) bond motifs is 13. The molecule has 0 unspecified atom stereocenters. The van der Waals surface area contributed by atoms with Crippen LogP contribution in [0.3, 0.4) is 0 Å². The zero-order valence-corrected chi connectivity index (χ0v) is 33.5. The molecule has 1 aliphatic rings. The van der Waals surface area contributed by atoms with E-state index in [-0.39, 0.29) is 5.41 Å². The molecule has 0 fully saturated rings. The second-order valence-electron chi connectivity index (χ2n) is 16.8. The number of benzene rings is 10. The summed E-state index contributed by atoms with van der Waals surface area (Å²) >= 11 is 1.88. The Labute approximate surface area is 345 Å². The Balaban J connectivity index is 0.919.